The van der Waals surface area contributed by atoms with E-state index in [9.17, 15) is 0 Å². The third-order valence-corrected chi connectivity index (χ3v) is 2.32. The Balaban J connectivity index is 2.51. The summed E-state index contributed by atoms with van der Waals surface area (Å²) in [6.07, 6.45) is 2.10. The van der Waals surface area contributed by atoms with Crippen LogP contribution in [0.3, 0.4) is 0 Å². The Bertz CT molecular complexity index is 198. The van der Waals surface area contributed by atoms with E-state index in [0.29, 0.717) is 5.37 Å². The van der Waals surface area contributed by atoms with Crippen molar-refractivity contribution >= 4 is 17.4 Å². The van der Waals surface area contributed by atoms with Crippen LogP contribution in [-0.4, -0.2) is 11.6 Å². The van der Waals surface area contributed by atoms with Gasteiger partial charge < -0.3 is 5.32 Å². The van der Waals surface area contributed by atoms with Crippen molar-refractivity contribution < 1.29 is 0 Å². The van der Waals surface area contributed by atoms with Crippen LogP contribution in [0.15, 0.2) is 30.3 Å². The molecule has 11 heavy (non-hydrogen) atoms. The van der Waals surface area contributed by atoms with Crippen LogP contribution in [0.5, 0.6) is 0 Å². The zero-order chi connectivity index (χ0) is 8.10. The summed E-state index contributed by atoms with van der Waals surface area (Å²) in [6, 6.07) is 10.2. The normalized spacial score (nSPS) is 12.5. The second kappa shape index (κ2) is 4.29. The van der Waals surface area contributed by atoms with E-state index in [-0.39, 0.29) is 0 Å². The van der Waals surface area contributed by atoms with Crippen LogP contribution in [0.2, 0.25) is 0 Å². The molecule has 60 valence electrons. The molecule has 0 heterocycles. The fraction of sp³-hybridized carbons (Fsp3) is 0.333. The third kappa shape index (κ3) is 2.85. The van der Waals surface area contributed by atoms with Crippen molar-refractivity contribution in [2.45, 2.75) is 12.3 Å². The number of rotatable bonds is 3. The van der Waals surface area contributed by atoms with Crippen LogP contribution in [0.1, 0.15) is 6.92 Å². The molecule has 0 fully saturated rings. The van der Waals surface area contributed by atoms with Crippen LogP contribution < -0.4 is 5.32 Å². The number of anilines is 1. The van der Waals surface area contributed by atoms with Gasteiger partial charge in [-0.15, -0.1) is 11.8 Å². The van der Waals surface area contributed by atoms with E-state index < -0.39 is 0 Å². The van der Waals surface area contributed by atoms with Gasteiger partial charge >= 0.3 is 0 Å². The smallest absolute Gasteiger partial charge is 0.0691 e. The zero-order valence-electron chi connectivity index (χ0n) is 6.87. The van der Waals surface area contributed by atoms with Crippen LogP contribution in [0.25, 0.3) is 0 Å². The van der Waals surface area contributed by atoms with Crippen molar-refractivity contribution in [3.05, 3.63) is 30.3 Å². The van der Waals surface area contributed by atoms with E-state index in [1.807, 2.05) is 30.0 Å². The quantitative estimate of drug-likeness (QED) is 0.695. The van der Waals surface area contributed by atoms with E-state index in [2.05, 4.69) is 30.6 Å². The maximum atomic E-state index is 3.35. The average molecular weight is 167 g/mol. The van der Waals surface area contributed by atoms with Gasteiger partial charge in [0.1, 0.15) is 0 Å². The highest BCUT2D eigenvalue weighted by molar-refractivity contribution is 7.99. The highest BCUT2D eigenvalue weighted by Crippen LogP contribution is 2.11. The van der Waals surface area contributed by atoms with Crippen molar-refractivity contribution in [2.75, 3.05) is 11.6 Å². The molecule has 1 atom stereocenters. The summed E-state index contributed by atoms with van der Waals surface area (Å²) >= 11 is 1.81. The fourth-order valence-corrected chi connectivity index (χ4v) is 1.08. The maximum absolute atomic E-state index is 3.35. The summed E-state index contributed by atoms with van der Waals surface area (Å²) in [4.78, 5) is 0. The maximum Gasteiger partial charge on any atom is 0.0691 e. The molecule has 1 aromatic carbocycles. The Morgan fingerprint density at radius 1 is 1.27 bits per heavy atom. The molecule has 1 unspecified atom stereocenters. The highest BCUT2D eigenvalue weighted by atomic mass is 32.2. The lowest BCUT2D eigenvalue weighted by atomic mass is 10.3. The number of nitrogens with one attached hydrogen (secondary N) is 1. The summed E-state index contributed by atoms with van der Waals surface area (Å²) in [5.41, 5.74) is 1.19. The zero-order valence-corrected chi connectivity index (χ0v) is 7.69. The number of benzene rings is 1. The average Bonchev–Trinajstić information content (AvgIpc) is 2.06. The van der Waals surface area contributed by atoms with E-state index in [1.165, 1.54) is 5.69 Å². The molecule has 0 aliphatic carbocycles. The van der Waals surface area contributed by atoms with Gasteiger partial charge in [-0.1, -0.05) is 18.2 Å². The van der Waals surface area contributed by atoms with Crippen molar-refractivity contribution in [3.63, 3.8) is 0 Å². The summed E-state index contributed by atoms with van der Waals surface area (Å²) in [5.74, 6) is 0. The molecule has 0 saturated heterocycles. The number of hydrogen-bond donors (Lipinski definition) is 1. The van der Waals surface area contributed by atoms with Crippen LogP contribution in [-0.2, 0) is 0 Å². The minimum absolute atomic E-state index is 0.484. The van der Waals surface area contributed by atoms with Crippen molar-refractivity contribution in [3.8, 4) is 0 Å². The van der Waals surface area contributed by atoms with Gasteiger partial charge in [0.05, 0.1) is 5.37 Å². The van der Waals surface area contributed by atoms with E-state index in [1.54, 1.807) is 0 Å². The molecule has 0 spiro atoms. The Labute approximate surface area is 72.2 Å². The highest BCUT2D eigenvalue weighted by Gasteiger charge is 1.96. The molecule has 1 N–H and O–H groups in total. The number of thioether (sulfide) groups is 1. The first-order valence-electron chi connectivity index (χ1n) is 3.67. The standard InChI is InChI=1S/C9H13NS/c1-8(11-2)10-9-6-4-3-5-7-9/h3-8,10H,1-2H3. The predicted molar refractivity (Wildman–Crippen MR) is 53.0 cm³/mol. The van der Waals surface area contributed by atoms with Gasteiger partial charge in [0.2, 0.25) is 0 Å². The molecule has 1 aromatic rings. The molecule has 1 rings (SSSR count). The molecule has 1 nitrogen and oxygen atoms in total. The first-order chi connectivity index (χ1) is 5.33. The topological polar surface area (TPSA) is 12.0 Å². The van der Waals surface area contributed by atoms with Gasteiger partial charge in [0, 0.05) is 5.69 Å². The van der Waals surface area contributed by atoms with Gasteiger partial charge in [0.25, 0.3) is 0 Å². The molecule has 0 aliphatic rings. The largest absolute Gasteiger partial charge is 0.374 e. The summed E-state index contributed by atoms with van der Waals surface area (Å²) in [7, 11) is 0. The second-order valence-corrected chi connectivity index (χ2v) is 3.57. The Kier molecular flexibility index (Phi) is 3.30. The Morgan fingerprint density at radius 3 is 2.45 bits per heavy atom. The third-order valence-electron chi connectivity index (χ3n) is 1.50. The van der Waals surface area contributed by atoms with Gasteiger partial charge in [-0.25, -0.2) is 0 Å². The summed E-state index contributed by atoms with van der Waals surface area (Å²) < 4.78 is 0. The lowest BCUT2D eigenvalue weighted by Gasteiger charge is -2.11. The van der Waals surface area contributed by atoms with Gasteiger partial charge in [-0.3, -0.25) is 0 Å². The van der Waals surface area contributed by atoms with Crippen molar-refractivity contribution in [1.29, 1.82) is 0 Å². The lowest BCUT2D eigenvalue weighted by Crippen LogP contribution is -2.09. The van der Waals surface area contributed by atoms with Gasteiger partial charge in [-0.05, 0) is 25.3 Å². The first-order valence-corrected chi connectivity index (χ1v) is 4.96. The van der Waals surface area contributed by atoms with Gasteiger partial charge in [0.15, 0.2) is 0 Å². The lowest BCUT2D eigenvalue weighted by molar-refractivity contribution is 1.13. The molecule has 0 amide bonds. The van der Waals surface area contributed by atoms with Crippen LogP contribution in [0, 0.1) is 0 Å². The Morgan fingerprint density at radius 2 is 1.91 bits per heavy atom. The predicted octanol–water partition coefficient (Wildman–Crippen LogP) is 2.81. The number of para-hydroxylation sites is 1. The van der Waals surface area contributed by atoms with Crippen LogP contribution in [0.4, 0.5) is 5.69 Å². The van der Waals surface area contributed by atoms with Crippen molar-refractivity contribution in [2.24, 2.45) is 0 Å². The molecule has 0 aliphatic heterocycles. The van der Waals surface area contributed by atoms with E-state index >= 15 is 0 Å². The fourth-order valence-electron chi connectivity index (χ4n) is 0.828. The molecule has 2 heteroatoms. The molecule has 0 bridgehead atoms. The SMILES string of the molecule is CSC(C)Nc1ccccc1. The Hall–Kier alpha value is -0.630. The second-order valence-electron chi connectivity index (χ2n) is 2.39. The first kappa shape index (κ1) is 8.47. The van der Waals surface area contributed by atoms with Crippen molar-refractivity contribution in [1.82, 2.24) is 0 Å². The number of hydrogen-bond acceptors (Lipinski definition) is 2. The molecule has 0 radical (unpaired) electrons. The molecular formula is C9H13NS. The van der Waals surface area contributed by atoms with E-state index in [4.69, 9.17) is 0 Å². The van der Waals surface area contributed by atoms with E-state index in [0.717, 1.165) is 0 Å². The molecule has 0 saturated carbocycles. The molecule has 0 aromatic heterocycles. The van der Waals surface area contributed by atoms with Gasteiger partial charge in [-0.2, -0.15) is 0 Å². The minimum atomic E-state index is 0.484. The minimum Gasteiger partial charge on any atom is -0.374 e. The monoisotopic (exact) mass is 167 g/mol. The summed E-state index contributed by atoms with van der Waals surface area (Å²) in [5, 5.41) is 3.84. The van der Waals surface area contributed by atoms with Crippen LogP contribution >= 0.6 is 11.8 Å². The molecular weight excluding hydrogens is 154 g/mol. The summed E-state index contributed by atoms with van der Waals surface area (Å²) in [6.45, 7) is 2.15.